The Hall–Kier alpha value is -1.66. The number of nitrogens with zero attached hydrogens (tertiary/aromatic N) is 2. The third-order valence-corrected chi connectivity index (χ3v) is 7.65. The fraction of sp³-hybridized carbons (Fsp3) is 0.815. The number of aliphatic hydroxyl groups is 2. The average molecular weight is 590 g/mol. The fourth-order valence-corrected chi connectivity index (χ4v) is 5.50. The van der Waals surface area contributed by atoms with Crippen LogP contribution in [0.3, 0.4) is 0 Å². The first-order valence-corrected chi connectivity index (χ1v) is 16.3. The summed E-state index contributed by atoms with van der Waals surface area (Å²) in [6.45, 7) is 1.54. The van der Waals surface area contributed by atoms with E-state index in [0.717, 1.165) is 23.8 Å². The fourth-order valence-electron chi connectivity index (χ4n) is 4.92. The first-order valence-electron chi connectivity index (χ1n) is 14.7. The number of hydrogen-bond donors (Lipinski definition) is 5. The number of hydrogen-bond acceptors (Lipinski definition) is 8. The standard InChI is InChI=1S/C27H48N3O9P/c1-2-3-4-5-6-7-8-9-10-11-12-13-14-15-16-17-23(32)28-22-18-19-30(27(34)29-22)26-24(33)25(21(20-31)38-26)39-40(35,36)37/h18-19,21,24-26,31,33H,2-17,20H2,1H3,(H2,35,36,37)(H,28,29,32,34)/t21-,24-,25-,26-/m1/s1. The molecule has 40 heavy (non-hydrogen) atoms. The lowest BCUT2D eigenvalue weighted by molar-refractivity contribution is -0.116. The molecule has 12 nitrogen and oxygen atoms in total. The minimum atomic E-state index is -4.99. The normalized spacial score (nSPS) is 21.1. The zero-order chi connectivity index (χ0) is 29.4. The second-order valence-electron chi connectivity index (χ2n) is 10.5. The van der Waals surface area contributed by atoms with Gasteiger partial charge in [0.2, 0.25) is 5.91 Å². The summed E-state index contributed by atoms with van der Waals surface area (Å²) in [5, 5.41) is 22.4. The topological polar surface area (TPSA) is 180 Å². The summed E-state index contributed by atoms with van der Waals surface area (Å²) in [4.78, 5) is 46.6. The summed E-state index contributed by atoms with van der Waals surface area (Å²) in [5.74, 6) is -0.214. The lowest BCUT2D eigenvalue weighted by Gasteiger charge is -2.20. The second-order valence-corrected chi connectivity index (χ2v) is 11.7. The number of anilines is 1. The van der Waals surface area contributed by atoms with Gasteiger partial charge in [-0.25, -0.2) is 9.36 Å². The number of aromatic nitrogens is 2. The van der Waals surface area contributed by atoms with Crippen molar-refractivity contribution in [3.63, 3.8) is 0 Å². The predicted molar refractivity (Wildman–Crippen MR) is 151 cm³/mol. The number of nitrogens with one attached hydrogen (secondary N) is 1. The molecule has 0 aliphatic carbocycles. The average Bonchev–Trinajstić information content (AvgIpc) is 3.19. The number of ether oxygens (including phenoxy) is 1. The summed E-state index contributed by atoms with van der Waals surface area (Å²) in [5.41, 5.74) is -0.859. The minimum absolute atomic E-state index is 0.0430. The monoisotopic (exact) mass is 589 g/mol. The van der Waals surface area contributed by atoms with Crippen molar-refractivity contribution in [1.29, 1.82) is 0 Å². The highest BCUT2D eigenvalue weighted by atomic mass is 31.2. The molecule has 1 aromatic heterocycles. The van der Waals surface area contributed by atoms with Crippen molar-refractivity contribution in [1.82, 2.24) is 9.55 Å². The smallest absolute Gasteiger partial charge is 0.394 e. The Morgan fingerprint density at radius 1 is 1.00 bits per heavy atom. The molecule has 2 heterocycles. The molecule has 13 heteroatoms. The SMILES string of the molecule is CCCCCCCCCCCCCCCCCC(=O)Nc1ccn([C@@H]2O[C@H](CO)[C@@H](OP(=O)(O)O)[C@H]2O)c(=O)n1. The first-order chi connectivity index (χ1) is 19.2. The summed E-state index contributed by atoms with van der Waals surface area (Å²) >= 11 is 0. The summed E-state index contributed by atoms with van der Waals surface area (Å²) in [7, 11) is -4.99. The van der Waals surface area contributed by atoms with Crippen LogP contribution in [0.25, 0.3) is 0 Å². The number of rotatable bonds is 21. The van der Waals surface area contributed by atoms with Crippen LogP contribution in [-0.2, 0) is 18.6 Å². The van der Waals surface area contributed by atoms with Gasteiger partial charge in [-0.2, -0.15) is 4.98 Å². The van der Waals surface area contributed by atoms with E-state index in [4.69, 9.17) is 14.5 Å². The molecule has 0 saturated carbocycles. The van der Waals surface area contributed by atoms with Crippen LogP contribution in [0, 0.1) is 0 Å². The first kappa shape index (κ1) is 34.5. The van der Waals surface area contributed by atoms with Crippen LogP contribution in [0.1, 0.15) is 116 Å². The predicted octanol–water partition coefficient (Wildman–Crippen LogP) is 4.17. The van der Waals surface area contributed by atoms with Crippen molar-refractivity contribution in [3.8, 4) is 0 Å². The van der Waals surface area contributed by atoms with E-state index in [1.165, 1.54) is 89.3 Å². The van der Waals surface area contributed by atoms with Crippen molar-refractivity contribution in [2.45, 2.75) is 134 Å². The number of aliphatic hydroxyl groups excluding tert-OH is 2. The van der Waals surface area contributed by atoms with Gasteiger partial charge in [0.25, 0.3) is 0 Å². The van der Waals surface area contributed by atoms with Gasteiger partial charge in [-0.3, -0.25) is 13.9 Å². The molecule has 1 fully saturated rings. The molecule has 4 atom stereocenters. The lowest BCUT2D eigenvalue weighted by atomic mass is 10.0. The van der Waals surface area contributed by atoms with Gasteiger partial charge in [-0.05, 0) is 12.5 Å². The van der Waals surface area contributed by atoms with Crippen molar-refractivity contribution >= 4 is 19.5 Å². The Kier molecular flexibility index (Phi) is 16.2. The van der Waals surface area contributed by atoms with Gasteiger partial charge in [0.15, 0.2) is 6.23 Å². The molecule has 0 bridgehead atoms. The number of carbonyl (C=O) groups is 1. The van der Waals surface area contributed by atoms with E-state index in [1.54, 1.807) is 0 Å². The van der Waals surface area contributed by atoms with E-state index in [0.29, 0.717) is 6.42 Å². The largest absolute Gasteiger partial charge is 0.470 e. The molecule has 230 valence electrons. The van der Waals surface area contributed by atoms with E-state index in [-0.39, 0.29) is 11.7 Å². The Bertz CT molecular complexity index is 971. The molecule has 2 rings (SSSR count). The van der Waals surface area contributed by atoms with Gasteiger partial charge in [0.05, 0.1) is 6.61 Å². The summed E-state index contributed by atoms with van der Waals surface area (Å²) in [6.07, 6.45) is 14.3. The van der Waals surface area contributed by atoms with Crippen LogP contribution in [0.5, 0.6) is 0 Å². The summed E-state index contributed by atoms with van der Waals surface area (Å²) in [6, 6.07) is 1.35. The molecule has 5 N–H and O–H groups in total. The Balaban J connectivity index is 1.61. The Morgan fingerprint density at radius 2 is 1.52 bits per heavy atom. The molecule has 1 aliphatic rings. The van der Waals surface area contributed by atoms with Crippen LogP contribution in [0.15, 0.2) is 17.1 Å². The summed E-state index contributed by atoms with van der Waals surface area (Å²) < 4.78 is 22.0. The van der Waals surface area contributed by atoms with Gasteiger partial charge < -0.3 is 30.1 Å². The number of carbonyl (C=O) groups excluding carboxylic acids is 1. The van der Waals surface area contributed by atoms with E-state index in [9.17, 15) is 24.4 Å². The van der Waals surface area contributed by atoms with Crippen LogP contribution < -0.4 is 11.0 Å². The maximum atomic E-state index is 12.5. The number of amides is 1. The Morgan fingerprint density at radius 3 is 2.00 bits per heavy atom. The van der Waals surface area contributed by atoms with E-state index in [2.05, 4.69) is 21.7 Å². The van der Waals surface area contributed by atoms with Gasteiger partial charge in [-0.1, -0.05) is 96.8 Å². The molecule has 0 unspecified atom stereocenters. The molecule has 0 radical (unpaired) electrons. The highest BCUT2D eigenvalue weighted by molar-refractivity contribution is 7.46. The van der Waals surface area contributed by atoms with Gasteiger partial charge in [0, 0.05) is 12.6 Å². The van der Waals surface area contributed by atoms with E-state index in [1.807, 2.05) is 0 Å². The molecule has 0 aromatic carbocycles. The van der Waals surface area contributed by atoms with Crippen molar-refractivity contribution in [2.75, 3.05) is 11.9 Å². The van der Waals surface area contributed by atoms with Crippen molar-refractivity contribution < 1.29 is 38.6 Å². The van der Waals surface area contributed by atoms with Crippen LogP contribution >= 0.6 is 7.82 Å². The van der Waals surface area contributed by atoms with Crippen molar-refractivity contribution in [3.05, 3.63) is 22.7 Å². The molecule has 1 aliphatic heterocycles. The molecule has 1 amide bonds. The zero-order valence-electron chi connectivity index (χ0n) is 23.7. The van der Waals surface area contributed by atoms with Crippen molar-refractivity contribution in [2.24, 2.45) is 0 Å². The second kappa shape index (κ2) is 18.7. The van der Waals surface area contributed by atoms with Crippen LogP contribution in [0.2, 0.25) is 0 Å². The third kappa shape index (κ3) is 12.9. The van der Waals surface area contributed by atoms with E-state index >= 15 is 0 Å². The lowest BCUT2D eigenvalue weighted by Crippen LogP contribution is -2.37. The molecule has 1 saturated heterocycles. The number of phosphoric ester groups is 1. The molecular formula is C27H48N3O9P. The van der Waals surface area contributed by atoms with E-state index < -0.39 is 44.7 Å². The number of unbranched alkanes of at least 4 members (excludes halogenated alkanes) is 14. The van der Waals surface area contributed by atoms with Crippen LogP contribution in [0.4, 0.5) is 5.82 Å². The molecule has 0 spiro atoms. The van der Waals surface area contributed by atoms with Crippen LogP contribution in [-0.4, -0.2) is 60.4 Å². The van der Waals surface area contributed by atoms with Gasteiger partial charge >= 0.3 is 13.5 Å². The zero-order valence-corrected chi connectivity index (χ0v) is 24.6. The Labute approximate surface area is 236 Å². The molecule has 1 aromatic rings. The highest BCUT2D eigenvalue weighted by Gasteiger charge is 2.48. The van der Waals surface area contributed by atoms with Gasteiger partial charge in [0.1, 0.15) is 24.1 Å². The maximum Gasteiger partial charge on any atom is 0.470 e. The quantitative estimate of drug-likeness (QED) is 0.103. The molecular weight excluding hydrogens is 541 g/mol. The number of phosphoric acid groups is 1. The maximum absolute atomic E-state index is 12.5. The highest BCUT2D eigenvalue weighted by Crippen LogP contribution is 2.43. The van der Waals surface area contributed by atoms with Gasteiger partial charge in [-0.15, -0.1) is 0 Å². The third-order valence-electron chi connectivity index (χ3n) is 7.13. The minimum Gasteiger partial charge on any atom is -0.394 e.